The molecule has 0 bridgehead atoms. The zero-order valence-corrected chi connectivity index (χ0v) is 10.9. The molecule has 19 heavy (non-hydrogen) atoms. The van der Waals surface area contributed by atoms with Gasteiger partial charge in [-0.1, -0.05) is 6.07 Å². The Labute approximate surface area is 112 Å². The SMILES string of the molecule is COc1cccc(C(=O)N[C@@H]2CCC[C@@H](O)[C@@H]2O)c1. The number of aliphatic hydroxyl groups is 2. The lowest BCUT2D eigenvalue weighted by atomic mass is 9.90. The van der Waals surface area contributed by atoms with Crippen molar-refractivity contribution >= 4 is 5.91 Å². The Bertz CT molecular complexity index is 449. The van der Waals surface area contributed by atoms with Crippen LogP contribution in [0.15, 0.2) is 24.3 Å². The van der Waals surface area contributed by atoms with Crippen molar-refractivity contribution in [2.45, 2.75) is 37.5 Å². The maximum absolute atomic E-state index is 12.1. The predicted octanol–water partition coefficient (Wildman–Crippen LogP) is 0.699. The second kappa shape index (κ2) is 6.04. The normalized spacial score (nSPS) is 26.8. The van der Waals surface area contributed by atoms with Gasteiger partial charge in [0.2, 0.25) is 0 Å². The average molecular weight is 265 g/mol. The number of hydrogen-bond acceptors (Lipinski definition) is 4. The first-order valence-electron chi connectivity index (χ1n) is 6.43. The molecule has 1 saturated carbocycles. The zero-order chi connectivity index (χ0) is 13.8. The van der Waals surface area contributed by atoms with Crippen LogP contribution in [-0.4, -0.2) is 41.5 Å². The highest BCUT2D eigenvalue weighted by Crippen LogP contribution is 2.20. The fourth-order valence-electron chi connectivity index (χ4n) is 2.33. The molecule has 5 heteroatoms. The largest absolute Gasteiger partial charge is 0.497 e. The van der Waals surface area contributed by atoms with Gasteiger partial charge < -0.3 is 20.3 Å². The Morgan fingerprint density at radius 3 is 2.89 bits per heavy atom. The molecule has 1 aliphatic carbocycles. The van der Waals surface area contributed by atoms with Crippen molar-refractivity contribution in [3.05, 3.63) is 29.8 Å². The van der Waals surface area contributed by atoms with E-state index in [0.717, 1.165) is 6.42 Å². The van der Waals surface area contributed by atoms with Crippen LogP contribution in [0.3, 0.4) is 0 Å². The fourth-order valence-corrected chi connectivity index (χ4v) is 2.33. The molecule has 104 valence electrons. The summed E-state index contributed by atoms with van der Waals surface area (Å²) >= 11 is 0. The van der Waals surface area contributed by atoms with E-state index < -0.39 is 18.2 Å². The molecule has 0 radical (unpaired) electrons. The van der Waals surface area contributed by atoms with E-state index in [1.54, 1.807) is 24.3 Å². The van der Waals surface area contributed by atoms with E-state index in [4.69, 9.17) is 4.74 Å². The van der Waals surface area contributed by atoms with Crippen molar-refractivity contribution in [2.75, 3.05) is 7.11 Å². The quantitative estimate of drug-likeness (QED) is 0.751. The molecule has 0 spiro atoms. The van der Waals surface area contributed by atoms with Crippen molar-refractivity contribution in [3.63, 3.8) is 0 Å². The van der Waals surface area contributed by atoms with Gasteiger partial charge in [-0.15, -0.1) is 0 Å². The molecule has 1 aliphatic rings. The Morgan fingerprint density at radius 1 is 1.37 bits per heavy atom. The van der Waals surface area contributed by atoms with Crippen molar-refractivity contribution in [1.82, 2.24) is 5.32 Å². The average Bonchev–Trinajstić information content (AvgIpc) is 2.44. The van der Waals surface area contributed by atoms with Crippen LogP contribution in [0.5, 0.6) is 5.75 Å². The lowest BCUT2D eigenvalue weighted by Gasteiger charge is -2.32. The molecule has 0 aliphatic heterocycles. The number of benzene rings is 1. The van der Waals surface area contributed by atoms with Crippen LogP contribution in [0.2, 0.25) is 0 Å². The molecule has 3 N–H and O–H groups in total. The van der Waals surface area contributed by atoms with Gasteiger partial charge in [0.15, 0.2) is 0 Å². The van der Waals surface area contributed by atoms with Gasteiger partial charge in [-0.3, -0.25) is 4.79 Å². The predicted molar refractivity (Wildman–Crippen MR) is 70.1 cm³/mol. The summed E-state index contributed by atoms with van der Waals surface area (Å²) in [5.41, 5.74) is 0.478. The number of carbonyl (C=O) groups excluding carboxylic acids is 1. The Hall–Kier alpha value is -1.59. The van der Waals surface area contributed by atoms with Crippen LogP contribution in [0.1, 0.15) is 29.6 Å². The summed E-state index contributed by atoms with van der Waals surface area (Å²) < 4.78 is 5.06. The summed E-state index contributed by atoms with van der Waals surface area (Å²) in [5, 5.41) is 22.2. The van der Waals surface area contributed by atoms with Gasteiger partial charge in [0.25, 0.3) is 5.91 Å². The summed E-state index contributed by atoms with van der Waals surface area (Å²) in [6, 6.07) is 6.42. The third-order valence-corrected chi connectivity index (χ3v) is 3.47. The number of nitrogens with one attached hydrogen (secondary N) is 1. The van der Waals surface area contributed by atoms with E-state index in [9.17, 15) is 15.0 Å². The third-order valence-electron chi connectivity index (χ3n) is 3.47. The highest BCUT2D eigenvalue weighted by Gasteiger charge is 2.31. The summed E-state index contributed by atoms with van der Waals surface area (Å²) in [7, 11) is 1.54. The first kappa shape index (κ1) is 13.8. The van der Waals surface area contributed by atoms with Gasteiger partial charge in [-0.2, -0.15) is 0 Å². The highest BCUT2D eigenvalue weighted by atomic mass is 16.5. The summed E-state index contributed by atoms with van der Waals surface area (Å²) in [6.45, 7) is 0. The number of aliphatic hydroxyl groups excluding tert-OH is 2. The first-order valence-corrected chi connectivity index (χ1v) is 6.43. The Balaban J connectivity index is 2.03. The van der Waals surface area contributed by atoms with Gasteiger partial charge in [0.05, 0.1) is 25.4 Å². The third kappa shape index (κ3) is 3.24. The van der Waals surface area contributed by atoms with Crippen molar-refractivity contribution in [3.8, 4) is 5.75 Å². The standard InChI is InChI=1S/C14H19NO4/c1-19-10-5-2-4-9(8-10)14(18)15-11-6-3-7-12(16)13(11)17/h2,4-5,8,11-13,16-17H,3,6-7H2,1H3,(H,15,18)/t11-,12-,13-/m1/s1. The van der Waals surface area contributed by atoms with Gasteiger partial charge in [0.1, 0.15) is 5.75 Å². The number of hydrogen-bond donors (Lipinski definition) is 3. The number of ether oxygens (including phenoxy) is 1. The molecule has 0 aromatic heterocycles. The van der Waals surface area contributed by atoms with Crippen LogP contribution < -0.4 is 10.1 Å². The van der Waals surface area contributed by atoms with Crippen LogP contribution >= 0.6 is 0 Å². The molecular weight excluding hydrogens is 246 g/mol. The molecule has 1 fully saturated rings. The number of amides is 1. The molecule has 0 saturated heterocycles. The van der Waals surface area contributed by atoms with Crippen LogP contribution in [0, 0.1) is 0 Å². The molecule has 0 unspecified atom stereocenters. The van der Waals surface area contributed by atoms with Gasteiger partial charge in [-0.25, -0.2) is 0 Å². The van der Waals surface area contributed by atoms with E-state index in [1.807, 2.05) is 0 Å². The van der Waals surface area contributed by atoms with Crippen LogP contribution in [-0.2, 0) is 0 Å². The molecular formula is C14H19NO4. The smallest absolute Gasteiger partial charge is 0.251 e. The van der Waals surface area contributed by atoms with Crippen molar-refractivity contribution in [2.24, 2.45) is 0 Å². The lowest BCUT2D eigenvalue weighted by Crippen LogP contribution is -2.51. The summed E-state index contributed by atoms with van der Waals surface area (Å²) in [5.74, 6) is 0.342. The Kier molecular flexibility index (Phi) is 4.39. The lowest BCUT2D eigenvalue weighted by molar-refractivity contribution is -0.0278. The highest BCUT2D eigenvalue weighted by molar-refractivity contribution is 5.94. The molecule has 2 rings (SSSR count). The molecule has 3 atom stereocenters. The van der Waals surface area contributed by atoms with E-state index >= 15 is 0 Å². The van der Waals surface area contributed by atoms with Crippen LogP contribution in [0.4, 0.5) is 0 Å². The second-order valence-electron chi connectivity index (χ2n) is 4.80. The maximum Gasteiger partial charge on any atom is 0.251 e. The van der Waals surface area contributed by atoms with E-state index in [2.05, 4.69) is 5.32 Å². The van der Waals surface area contributed by atoms with E-state index in [-0.39, 0.29) is 5.91 Å². The van der Waals surface area contributed by atoms with Gasteiger partial charge >= 0.3 is 0 Å². The zero-order valence-electron chi connectivity index (χ0n) is 10.9. The summed E-state index contributed by atoms with van der Waals surface area (Å²) in [4.78, 5) is 12.1. The fraction of sp³-hybridized carbons (Fsp3) is 0.500. The monoisotopic (exact) mass is 265 g/mol. The summed E-state index contributed by atoms with van der Waals surface area (Å²) in [6.07, 6.45) is 0.384. The molecule has 1 aromatic carbocycles. The van der Waals surface area contributed by atoms with Crippen molar-refractivity contribution in [1.29, 1.82) is 0 Å². The minimum Gasteiger partial charge on any atom is -0.497 e. The minimum absolute atomic E-state index is 0.267. The molecule has 0 heterocycles. The minimum atomic E-state index is -0.900. The molecule has 1 amide bonds. The van der Waals surface area contributed by atoms with Crippen molar-refractivity contribution < 1.29 is 19.7 Å². The molecule has 1 aromatic rings. The topological polar surface area (TPSA) is 78.8 Å². The van der Waals surface area contributed by atoms with Gasteiger partial charge in [-0.05, 0) is 37.5 Å². The van der Waals surface area contributed by atoms with Gasteiger partial charge in [0, 0.05) is 5.56 Å². The number of methoxy groups -OCH3 is 1. The Morgan fingerprint density at radius 2 is 2.16 bits per heavy atom. The second-order valence-corrected chi connectivity index (χ2v) is 4.80. The number of carbonyl (C=O) groups is 1. The van der Waals surface area contributed by atoms with Crippen LogP contribution in [0.25, 0.3) is 0 Å². The number of rotatable bonds is 3. The molecule has 5 nitrogen and oxygen atoms in total. The maximum atomic E-state index is 12.1. The first-order chi connectivity index (χ1) is 9.11. The van der Waals surface area contributed by atoms with E-state index in [1.165, 1.54) is 7.11 Å². The van der Waals surface area contributed by atoms with E-state index in [0.29, 0.717) is 24.2 Å².